The molecule has 0 aromatic carbocycles. The van der Waals surface area contributed by atoms with Crippen LogP contribution in [0.3, 0.4) is 0 Å². The van der Waals surface area contributed by atoms with Gasteiger partial charge in [0, 0.05) is 5.92 Å². The van der Waals surface area contributed by atoms with Crippen molar-refractivity contribution in [3.63, 3.8) is 0 Å². The molecule has 0 aliphatic rings. The van der Waals surface area contributed by atoms with Gasteiger partial charge in [0.15, 0.2) is 0 Å². The second kappa shape index (κ2) is 15.7. The van der Waals surface area contributed by atoms with Crippen molar-refractivity contribution in [2.24, 2.45) is 29.6 Å². The van der Waals surface area contributed by atoms with Crippen molar-refractivity contribution in [3.8, 4) is 0 Å². The zero-order valence-electron chi connectivity index (χ0n) is 20.7. The van der Waals surface area contributed by atoms with Gasteiger partial charge in [0.25, 0.3) is 5.97 Å². The molecule has 0 aliphatic heterocycles. The third-order valence-corrected chi connectivity index (χ3v) is 4.98. The first kappa shape index (κ1) is 27.9. The minimum absolute atomic E-state index is 0.245. The van der Waals surface area contributed by atoms with Crippen molar-refractivity contribution >= 4 is 0 Å². The Balaban J connectivity index is 5.32. The summed E-state index contributed by atoms with van der Waals surface area (Å²) in [7, 11) is 0. The number of hydrogen-bond donors (Lipinski definition) is 0. The van der Waals surface area contributed by atoms with E-state index in [1.165, 1.54) is 38.5 Å². The lowest BCUT2D eigenvalue weighted by molar-refractivity contribution is -0.416. The molecule has 28 heavy (non-hydrogen) atoms. The Bertz CT molecular complexity index is 318. The van der Waals surface area contributed by atoms with Gasteiger partial charge in [-0.1, -0.05) is 101 Å². The summed E-state index contributed by atoms with van der Waals surface area (Å²) in [5.74, 6) is 1.12. The molecule has 0 rings (SSSR count). The maximum atomic E-state index is 6.47. The minimum Gasteiger partial charge on any atom is -0.327 e. The highest BCUT2D eigenvalue weighted by atomic mass is 16.9. The van der Waals surface area contributed by atoms with E-state index in [1.54, 1.807) is 0 Å². The van der Waals surface area contributed by atoms with Gasteiger partial charge in [-0.25, -0.2) is 0 Å². The number of ether oxygens (including phenoxy) is 3. The molecule has 0 aromatic rings. The van der Waals surface area contributed by atoms with Gasteiger partial charge in [0.05, 0.1) is 19.8 Å². The Morgan fingerprint density at radius 3 is 1.32 bits per heavy atom. The van der Waals surface area contributed by atoms with Crippen molar-refractivity contribution in [2.75, 3.05) is 19.8 Å². The number of hydrogen-bond acceptors (Lipinski definition) is 3. The standard InChI is InChI=1S/C25H52O3/c1-10-11-12-13-14-15-16-24(23(8)9)25(26-17-20(2)3,27-18-21(4)5)28-19-22(6)7/h20-24H,10-19H2,1-9H3. The first-order chi connectivity index (χ1) is 13.1. The van der Waals surface area contributed by atoms with Gasteiger partial charge in [-0.15, -0.1) is 0 Å². The van der Waals surface area contributed by atoms with E-state index in [-0.39, 0.29) is 5.92 Å². The molecule has 0 bridgehead atoms. The fraction of sp³-hybridized carbons (Fsp3) is 1.00. The molecule has 0 fully saturated rings. The Labute approximate surface area is 177 Å². The van der Waals surface area contributed by atoms with Crippen LogP contribution in [-0.2, 0) is 14.2 Å². The summed E-state index contributed by atoms with van der Waals surface area (Å²) >= 11 is 0. The summed E-state index contributed by atoms with van der Waals surface area (Å²) in [4.78, 5) is 0. The predicted molar refractivity (Wildman–Crippen MR) is 121 cm³/mol. The molecule has 0 spiro atoms. The maximum Gasteiger partial charge on any atom is 0.286 e. The number of unbranched alkanes of at least 4 members (excludes halogenated alkanes) is 5. The molecule has 170 valence electrons. The summed E-state index contributed by atoms with van der Waals surface area (Å²) in [5.41, 5.74) is 0. The van der Waals surface area contributed by atoms with E-state index in [0.29, 0.717) is 43.5 Å². The first-order valence-electron chi connectivity index (χ1n) is 12.1. The van der Waals surface area contributed by atoms with E-state index < -0.39 is 5.97 Å². The third-order valence-electron chi connectivity index (χ3n) is 4.98. The second-order valence-corrected chi connectivity index (χ2v) is 10.1. The van der Waals surface area contributed by atoms with Gasteiger partial charge in [-0.3, -0.25) is 0 Å². The molecule has 0 aliphatic carbocycles. The lowest BCUT2D eigenvalue weighted by Gasteiger charge is -2.42. The van der Waals surface area contributed by atoms with Crippen LogP contribution in [-0.4, -0.2) is 25.8 Å². The quantitative estimate of drug-likeness (QED) is 0.174. The molecule has 1 atom stereocenters. The van der Waals surface area contributed by atoms with Crippen LogP contribution in [0.1, 0.15) is 107 Å². The van der Waals surface area contributed by atoms with Crippen molar-refractivity contribution in [2.45, 2.75) is 113 Å². The lowest BCUT2D eigenvalue weighted by atomic mass is 9.87. The molecule has 0 amide bonds. The van der Waals surface area contributed by atoms with E-state index in [0.717, 1.165) is 6.42 Å². The second-order valence-electron chi connectivity index (χ2n) is 10.1. The topological polar surface area (TPSA) is 27.7 Å². The SMILES string of the molecule is CCCCCCCCC(C(C)C)C(OCC(C)C)(OCC(C)C)OCC(C)C. The van der Waals surface area contributed by atoms with Gasteiger partial charge in [-0.2, -0.15) is 0 Å². The Morgan fingerprint density at radius 2 is 0.964 bits per heavy atom. The van der Waals surface area contributed by atoms with Crippen LogP contribution in [0.2, 0.25) is 0 Å². The summed E-state index contributed by atoms with van der Waals surface area (Å²) in [6.45, 7) is 22.0. The zero-order valence-corrected chi connectivity index (χ0v) is 20.7. The van der Waals surface area contributed by atoms with Crippen molar-refractivity contribution in [3.05, 3.63) is 0 Å². The van der Waals surface area contributed by atoms with Crippen LogP contribution in [0.4, 0.5) is 0 Å². The molecule has 0 saturated carbocycles. The Kier molecular flexibility index (Phi) is 15.6. The third kappa shape index (κ3) is 12.4. The molecule has 1 unspecified atom stereocenters. The Morgan fingerprint density at radius 1 is 0.571 bits per heavy atom. The van der Waals surface area contributed by atoms with E-state index in [9.17, 15) is 0 Å². The van der Waals surface area contributed by atoms with E-state index in [1.807, 2.05) is 0 Å². The van der Waals surface area contributed by atoms with Gasteiger partial charge < -0.3 is 14.2 Å². The lowest BCUT2D eigenvalue weighted by Crippen LogP contribution is -2.50. The van der Waals surface area contributed by atoms with Crippen LogP contribution in [0, 0.1) is 29.6 Å². The van der Waals surface area contributed by atoms with Gasteiger partial charge in [0.1, 0.15) is 0 Å². The highest BCUT2D eigenvalue weighted by Crippen LogP contribution is 2.37. The van der Waals surface area contributed by atoms with Gasteiger partial charge >= 0.3 is 0 Å². The van der Waals surface area contributed by atoms with Gasteiger partial charge in [0.2, 0.25) is 0 Å². The van der Waals surface area contributed by atoms with Crippen molar-refractivity contribution < 1.29 is 14.2 Å². The highest BCUT2D eigenvalue weighted by Gasteiger charge is 2.44. The smallest absolute Gasteiger partial charge is 0.286 e. The van der Waals surface area contributed by atoms with E-state index >= 15 is 0 Å². The first-order valence-corrected chi connectivity index (χ1v) is 12.1. The summed E-state index contributed by atoms with van der Waals surface area (Å²) in [6, 6.07) is 0. The fourth-order valence-electron chi connectivity index (χ4n) is 3.36. The van der Waals surface area contributed by atoms with E-state index in [4.69, 9.17) is 14.2 Å². The summed E-state index contributed by atoms with van der Waals surface area (Å²) in [6.07, 6.45) is 8.94. The van der Waals surface area contributed by atoms with Crippen LogP contribution in [0.25, 0.3) is 0 Å². The monoisotopic (exact) mass is 400 g/mol. The molecular formula is C25H52O3. The maximum absolute atomic E-state index is 6.47. The van der Waals surface area contributed by atoms with Gasteiger partial charge in [-0.05, 0) is 30.1 Å². The highest BCUT2D eigenvalue weighted by molar-refractivity contribution is 4.77. The molecule has 3 heteroatoms. The Hall–Kier alpha value is -0.120. The minimum atomic E-state index is -0.920. The summed E-state index contributed by atoms with van der Waals surface area (Å²) < 4.78 is 19.4. The average Bonchev–Trinajstić information content (AvgIpc) is 2.60. The molecule has 0 heterocycles. The number of rotatable bonds is 18. The normalized spacial score (nSPS) is 14.0. The predicted octanol–water partition coefficient (Wildman–Crippen LogP) is 7.68. The van der Waals surface area contributed by atoms with E-state index in [2.05, 4.69) is 62.3 Å². The molecule has 0 aromatic heterocycles. The molecule has 0 N–H and O–H groups in total. The largest absolute Gasteiger partial charge is 0.327 e. The van der Waals surface area contributed by atoms with Crippen molar-refractivity contribution in [1.29, 1.82) is 0 Å². The summed E-state index contributed by atoms with van der Waals surface area (Å²) in [5, 5.41) is 0. The van der Waals surface area contributed by atoms with Crippen LogP contribution < -0.4 is 0 Å². The average molecular weight is 401 g/mol. The van der Waals surface area contributed by atoms with Crippen LogP contribution >= 0.6 is 0 Å². The van der Waals surface area contributed by atoms with Crippen LogP contribution in [0.5, 0.6) is 0 Å². The fourth-order valence-corrected chi connectivity index (χ4v) is 3.36. The van der Waals surface area contributed by atoms with Crippen molar-refractivity contribution in [1.82, 2.24) is 0 Å². The van der Waals surface area contributed by atoms with Crippen LogP contribution in [0.15, 0.2) is 0 Å². The molecular weight excluding hydrogens is 348 g/mol. The molecule has 3 nitrogen and oxygen atoms in total. The zero-order chi connectivity index (χ0) is 21.6. The molecule has 0 radical (unpaired) electrons. The molecule has 0 saturated heterocycles.